The molecule has 0 aromatic heterocycles. The van der Waals surface area contributed by atoms with Gasteiger partial charge in [0.25, 0.3) is 5.91 Å². The minimum atomic E-state index is -0.594. The third-order valence-corrected chi connectivity index (χ3v) is 5.84. The van der Waals surface area contributed by atoms with Crippen LogP contribution in [0.1, 0.15) is 11.1 Å². The molecule has 3 aromatic rings. The van der Waals surface area contributed by atoms with E-state index >= 15 is 0 Å². The number of amides is 1. The lowest BCUT2D eigenvalue weighted by Crippen LogP contribution is -2.39. The van der Waals surface area contributed by atoms with Gasteiger partial charge in [-0.3, -0.25) is 9.69 Å². The quantitative estimate of drug-likeness (QED) is 0.413. The zero-order valence-electron chi connectivity index (χ0n) is 17.7. The number of para-hydroxylation sites is 1. The number of nitrogens with one attached hydrogen (secondary N) is 1. The van der Waals surface area contributed by atoms with Crippen molar-refractivity contribution in [2.75, 3.05) is 17.3 Å². The van der Waals surface area contributed by atoms with Gasteiger partial charge in [0.1, 0.15) is 5.03 Å². The van der Waals surface area contributed by atoms with E-state index < -0.39 is 5.97 Å². The summed E-state index contributed by atoms with van der Waals surface area (Å²) in [5, 5.41) is 3.85. The number of aryl methyl sites for hydroxylation is 1. The van der Waals surface area contributed by atoms with Gasteiger partial charge < -0.3 is 10.1 Å². The minimum Gasteiger partial charge on any atom is -0.464 e. The first kappa shape index (κ1) is 21.5. The molecule has 1 aliphatic rings. The Morgan fingerprint density at radius 2 is 1.66 bits per heavy atom. The van der Waals surface area contributed by atoms with Crippen molar-refractivity contribution < 1.29 is 14.3 Å². The van der Waals surface area contributed by atoms with Crippen LogP contribution < -0.4 is 10.2 Å². The van der Waals surface area contributed by atoms with Gasteiger partial charge in [-0.15, -0.1) is 0 Å². The van der Waals surface area contributed by atoms with E-state index in [0.717, 1.165) is 16.8 Å². The standard InChI is InChI=1S/C26H22N2O3S/c1-18-10-9-13-20(16-18)27-24-23(26(30)31-2)28(21-14-7-4-8-15-21)25(29)22(32-24)17-19-11-5-3-6-12-19/h3-17,27H,1-2H3/b22-17-. The average molecular weight is 443 g/mol. The molecule has 160 valence electrons. The number of rotatable bonds is 5. The van der Waals surface area contributed by atoms with E-state index in [9.17, 15) is 9.59 Å². The summed E-state index contributed by atoms with van der Waals surface area (Å²) in [5.74, 6) is -0.885. The van der Waals surface area contributed by atoms with Crippen molar-refractivity contribution in [3.8, 4) is 0 Å². The van der Waals surface area contributed by atoms with Gasteiger partial charge in [0.15, 0.2) is 5.70 Å². The molecule has 0 saturated carbocycles. The Hall–Kier alpha value is -3.77. The monoisotopic (exact) mass is 442 g/mol. The maximum atomic E-state index is 13.6. The SMILES string of the molecule is COC(=O)C1=C(Nc2cccc(C)c2)S/C(=C\c2ccccc2)C(=O)N1c1ccccc1. The van der Waals surface area contributed by atoms with Gasteiger partial charge in [0.2, 0.25) is 0 Å². The molecule has 5 nitrogen and oxygen atoms in total. The Balaban J connectivity index is 1.88. The van der Waals surface area contributed by atoms with Crippen LogP contribution in [0.5, 0.6) is 0 Å². The highest BCUT2D eigenvalue weighted by molar-refractivity contribution is 8.08. The summed E-state index contributed by atoms with van der Waals surface area (Å²) < 4.78 is 5.07. The van der Waals surface area contributed by atoms with E-state index in [1.165, 1.54) is 23.8 Å². The number of ether oxygens (including phenoxy) is 1. The van der Waals surface area contributed by atoms with Gasteiger partial charge in [-0.25, -0.2) is 4.79 Å². The number of esters is 1. The fraction of sp³-hybridized carbons (Fsp3) is 0.0769. The number of carbonyl (C=O) groups is 2. The van der Waals surface area contributed by atoms with E-state index in [-0.39, 0.29) is 11.6 Å². The van der Waals surface area contributed by atoms with Crippen molar-refractivity contribution in [1.82, 2.24) is 0 Å². The summed E-state index contributed by atoms with van der Waals surface area (Å²) in [5.41, 5.74) is 3.52. The molecule has 0 radical (unpaired) electrons. The Morgan fingerprint density at radius 1 is 0.969 bits per heavy atom. The first-order valence-corrected chi connectivity index (χ1v) is 10.9. The third kappa shape index (κ3) is 4.60. The Morgan fingerprint density at radius 3 is 2.31 bits per heavy atom. The van der Waals surface area contributed by atoms with Gasteiger partial charge in [-0.2, -0.15) is 0 Å². The van der Waals surface area contributed by atoms with Crippen molar-refractivity contribution in [2.24, 2.45) is 0 Å². The maximum absolute atomic E-state index is 13.6. The molecule has 0 bridgehead atoms. The van der Waals surface area contributed by atoms with E-state index in [4.69, 9.17) is 4.74 Å². The molecule has 32 heavy (non-hydrogen) atoms. The number of methoxy groups -OCH3 is 1. The zero-order valence-corrected chi connectivity index (χ0v) is 18.6. The molecule has 0 saturated heterocycles. The molecule has 1 N–H and O–H groups in total. The van der Waals surface area contributed by atoms with Crippen LogP contribution in [-0.4, -0.2) is 19.0 Å². The summed E-state index contributed by atoms with van der Waals surface area (Å²) in [6.45, 7) is 2.00. The van der Waals surface area contributed by atoms with Gasteiger partial charge in [0.05, 0.1) is 12.0 Å². The summed E-state index contributed by atoms with van der Waals surface area (Å²) in [6, 6.07) is 26.5. The number of carbonyl (C=O) groups excluding carboxylic acids is 2. The van der Waals surface area contributed by atoms with Gasteiger partial charge in [-0.1, -0.05) is 72.4 Å². The predicted octanol–water partition coefficient (Wildman–Crippen LogP) is 5.57. The van der Waals surface area contributed by atoms with Gasteiger partial charge in [-0.05, 0) is 48.4 Å². The normalized spacial score (nSPS) is 15.1. The van der Waals surface area contributed by atoms with Crippen LogP contribution >= 0.6 is 11.8 Å². The Bertz CT molecular complexity index is 1200. The highest BCUT2D eigenvalue weighted by Gasteiger charge is 2.37. The summed E-state index contributed by atoms with van der Waals surface area (Å²) in [6.07, 6.45) is 1.83. The number of thioether (sulfide) groups is 1. The van der Waals surface area contributed by atoms with E-state index in [1.807, 2.05) is 85.8 Å². The molecule has 4 rings (SSSR count). The van der Waals surface area contributed by atoms with Crippen LogP contribution in [0.4, 0.5) is 11.4 Å². The van der Waals surface area contributed by atoms with E-state index in [0.29, 0.717) is 15.6 Å². The number of benzene rings is 3. The van der Waals surface area contributed by atoms with Crippen LogP contribution in [0, 0.1) is 6.92 Å². The first-order chi connectivity index (χ1) is 15.6. The number of hydrogen-bond acceptors (Lipinski definition) is 5. The fourth-order valence-corrected chi connectivity index (χ4v) is 4.38. The van der Waals surface area contributed by atoms with Crippen molar-refractivity contribution in [2.45, 2.75) is 6.92 Å². The molecule has 1 heterocycles. The number of hydrogen-bond donors (Lipinski definition) is 1. The van der Waals surface area contributed by atoms with Gasteiger partial charge >= 0.3 is 5.97 Å². The lowest BCUT2D eigenvalue weighted by Gasteiger charge is -2.31. The first-order valence-electron chi connectivity index (χ1n) is 10.1. The lowest BCUT2D eigenvalue weighted by atomic mass is 10.2. The fourth-order valence-electron chi connectivity index (χ4n) is 3.35. The zero-order chi connectivity index (χ0) is 22.5. The van der Waals surface area contributed by atoms with Crippen LogP contribution in [0.2, 0.25) is 0 Å². The highest BCUT2D eigenvalue weighted by atomic mass is 32.2. The number of nitrogens with zero attached hydrogens (tertiary/aromatic N) is 1. The van der Waals surface area contributed by atoms with Crippen LogP contribution in [0.3, 0.4) is 0 Å². The lowest BCUT2D eigenvalue weighted by molar-refractivity contribution is -0.136. The summed E-state index contributed by atoms with van der Waals surface area (Å²) >= 11 is 1.22. The van der Waals surface area contributed by atoms with Crippen molar-refractivity contribution in [1.29, 1.82) is 0 Å². The largest absolute Gasteiger partial charge is 0.464 e. The maximum Gasteiger partial charge on any atom is 0.357 e. The van der Waals surface area contributed by atoms with Gasteiger partial charge in [0, 0.05) is 11.4 Å². The summed E-state index contributed by atoms with van der Waals surface area (Å²) in [7, 11) is 1.31. The molecular formula is C26H22N2O3S. The van der Waals surface area contributed by atoms with Crippen LogP contribution in [0.15, 0.2) is 101 Å². The molecule has 1 amide bonds. The van der Waals surface area contributed by atoms with E-state index in [2.05, 4.69) is 5.32 Å². The molecule has 3 aromatic carbocycles. The molecule has 1 aliphatic heterocycles. The van der Waals surface area contributed by atoms with Crippen LogP contribution in [-0.2, 0) is 14.3 Å². The smallest absolute Gasteiger partial charge is 0.357 e. The minimum absolute atomic E-state index is 0.153. The topological polar surface area (TPSA) is 58.6 Å². The highest BCUT2D eigenvalue weighted by Crippen LogP contribution is 2.40. The molecular weight excluding hydrogens is 420 g/mol. The van der Waals surface area contributed by atoms with Crippen molar-refractivity contribution in [3.63, 3.8) is 0 Å². The molecule has 0 atom stereocenters. The second-order valence-electron chi connectivity index (χ2n) is 7.16. The average Bonchev–Trinajstić information content (AvgIpc) is 2.81. The number of anilines is 2. The molecule has 0 fully saturated rings. The second-order valence-corrected chi connectivity index (χ2v) is 8.21. The summed E-state index contributed by atoms with van der Waals surface area (Å²) in [4.78, 5) is 28.4. The molecule has 6 heteroatoms. The molecule has 0 aliphatic carbocycles. The van der Waals surface area contributed by atoms with Crippen LogP contribution in [0.25, 0.3) is 6.08 Å². The van der Waals surface area contributed by atoms with Crippen molar-refractivity contribution in [3.05, 3.63) is 112 Å². The van der Waals surface area contributed by atoms with E-state index in [1.54, 1.807) is 12.1 Å². The second kappa shape index (κ2) is 9.58. The predicted molar refractivity (Wildman–Crippen MR) is 130 cm³/mol. The molecule has 0 spiro atoms. The Kier molecular flexibility index (Phi) is 6.42. The van der Waals surface area contributed by atoms with Crippen molar-refractivity contribution >= 4 is 41.1 Å². The molecule has 0 unspecified atom stereocenters. The third-order valence-electron chi connectivity index (χ3n) is 4.83. The Labute approximate surface area is 191 Å².